The molecule has 2 aromatic rings. The molecule has 0 aliphatic rings. The Balaban J connectivity index is 2.48. The molecule has 0 aliphatic carbocycles. The normalized spacial score (nSPS) is 12.0. The van der Waals surface area contributed by atoms with Crippen molar-refractivity contribution in [3.05, 3.63) is 59.1 Å². The minimum atomic E-state index is -3.86. The number of halogens is 1. The van der Waals surface area contributed by atoms with E-state index in [4.69, 9.17) is 16.3 Å². The summed E-state index contributed by atoms with van der Waals surface area (Å²) in [6.07, 6.45) is 2.13. The fourth-order valence-electron chi connectivity index (χ4n) is 3.63. The average molecular weight is 524 g/mol. The Morgan fingerprint density at radius 3 is 2.31 bits per heavy atom. The standard InChI is InChI=1S/C25H34ClN3O5S/c1-5-16-27-25(31)21(6-2)28(17-19-12-8-9-13-20(19)26)24(30)18-29(35(4,32)33)22-14-10-11-15-23(22)34-7-3/h8-15,21H,5-7,16-18H2,1-4H3,(H,27,31)/t21-/m0/s1. The largest absolute Gasteiger partial charge is 0.492 e. The Bertz CT molecular complexity index is 1110. The van der Waals surface area contributed by atoms with Gasteiger partial charge in [0.1, 0.15) is 18.3 Å². The number of nitrogens with zero attached hydrogens (tertiary/aromatic N) is 2. The number of carbonyl (C=O) groups excluding carboxylic acids is 2. The molecule has 0 fully saturated rings. The first-order chi connectivity index (χ1) is 16.6. The summed E-state index contributed by atoms with van der Waals surface area (Å²) in [6.45, 7) is 5.90. The van der Waals surface area contributed by atoms with Gasteiger partial charge >= 0.3 is 0 Å². The molecule has 0 aromatic heterocycles. The van der Waals surface area contributed by atoms with E-state index >= 15 is 0 Å². The molecule has 0 radical (unpaired) electrons. The third kappa shape index (κ3) is 7.86. The molecule has 35 heavy (non-hydrogen) atoms. The second-order valence-corrected chi connectivity index (χ2v) is 10.3. The summed E-state index contributed by atoms with van der Waals surface area (Å²) in [5.41, 5.74) is 0.913. The van der Waals surface area contributed by atoms with Crippen LogP contribution in [0.2, 0.25) is 5.02 Å². The molecule has 8 nitrogen and oxygen atoms in total. The fraction of sp³-hybridized carbons (Fsp3) is 0.440. The number of benzene rings is 2. The number of hydrogen-bond donors (Lipinski definition) is 1. The van der Waals surface area contributed by atoms with E-state index < -0.39 is 28.5 Å². The molecule has 2 aromatic carbocycles. The first kappa shape index (κ1) is 28.5. The van der Waals surface area contributed by atoms with Gasteiger partial charge < -0.3 is 15.0 Å². The Morgan fingerprint density at radius 1 is 1.06 bits per heavy atom. The van der Waals surface area contributed by atoms with Crippen LogP contribution in [0.4, 0.5) is 5.69 Å². The Labute approximate surface area is 213 Å². The summed E-state index contributed by atoms with van der Waals surface area (Å²) in [7, 11) is -3.86. The van der Waals surface area contributed by atoms with Gasteiger partial charge in [-0.3, -0.25) is 13.9 Å². The minimum Gasteiger partial charge on any atom is -0.492 e. The summed E-state index contributed by atoms with van der Waals surface area (Å²) in [5.74, 6) is -0.478. The van der Waals surface area contributed by atoms with Crippen LogP contribution in [0.15, 0.2) is 48.5 Å². The molecule has 2 rings (SSSR count). The van der Waals surface area contributed by atoms with E-state index in [-0.39, 0.29) is 18.1 Å². The van der Waals surface area contributed by atoms with Crippen molar-refractivity contribution >= 4 is 39.1 Å². The van der Waals surface area contributed by atoms with Crippen molar-refractivity contribution in [2.75, 3.05) is 30.3 Å². The molecule has 10 heteroatoms. The van der Waals surface area contributed by atoms with E-state index in [0.717, 1.165) is 17.0 Å². The van der Waals surface area contributed by atoms with Crippen molar-refractivity contribution in [2.24, 2.45) is 0 Å². The molecular weight excluding hydrogens is 490 g/mol. The maximum absolute atomic E-state index is 13.7. The molecule has 1 N–H and O–H groups in total. The van der Waals surface area contributed by atoms with E-state index in [0.29, 0.717) is 35.9 Å². The summed E-state index contributed by atoms with van der Waals surface area (Å²) in [6, 6.07) is 12.9. The molecule has 0 unspecified atom stereocenters. The third-order valence-electron chi connectivity index (χ3n) is 5.35. The molecule has 0 heterocycles. The van der Waals surface area contributed by atoms with Crippen molar-refractivity contribution in [3.63, 3.8) is 0 Å². The Kier molecular flexibility index (Phi) is 10.9. The van der Waals surface area contributed by atoms with Gasteiger partial charge in [0.15, 0.2) is 0 Å². The molecule has 1 atom stereocenters. The maximum Gasteiger partial charge on any atom is 0.244 e. The highest BCUT2D eigenvalue weighted by atomic mass is 35.5. The van der Waals surface area contributed by atoms with Gasteiger partial charge in [0.2, 0.25) is 21.8 Å². The number of para-hydroxylation sites is 2. The van der Waals surface area contributed by atoms with Gasteiger partial charge in [0.05, 0.1) is 18.6 Å². The number of anilines is 1. The van der Waals surface area contributed by atoms with Crippen LogP contribution in [0.1, 0.15) is 39.2 Å². The van der Waals surface area contributed by atoms with Crippen molar-refractivity contribution in [1.82, 2.24) is 10.2 Å². The van der Waals surface area contributed by atoms with Gasteiger partial charge in [-0.05, 0) is 43.5 Å². The highest BCUT2D eigenvalue weighted by Gasteiger charge is 2.32. The van der Waals surface area contributed by atoms with Gasteiger partial charge in [-0.25, -0.2) is 8.42 Å². The number of ether oxygens (including phenoxy) is 1. The number of amides is 2. The predicted molar refractivity (Wildman–Crippen MR) is 139 cm³/mol. The third-order valence-corrected chi connectivity index (χ3v) is 6.84. The molecular formula is C25H34ClN3O5S. The first-order valence-corrected chi connectivity index (χ1v) is 13.9. The van der Waals surface area contributed by atoms with Gasteiger partial charge in [0.25, 0.3) is 0 Å². The smallest absolute Gasteiger partial charge is 0.244 e. The van der Waals surface area contributed by atoms with Crippen LogP contribution in [0.3, 0.4) is 0 Å². The average Bonchev–Trinajstić information content (AvgIpc) is 2.82. The van der Waals surface area contributed by atoms with Crippen LogP contribution < -0.4 is 14.4 Å². The highest BCUT2D eigenvalue weighted by Crippen LogP contribution is 2.30. The van der Waals surface area contributed by atoms with Crippen LogP contribution in [0.5, 0.6) is 5.75 Å². The molecule has 0 bridgehead atoms. The minimum absolute atomic E-state index is 0.0568. The van der Waals surface area contributed by atoms with E-state index in [1.54, 1.807) is 55.5 Å². The zero-order chi connectivity index (χ0) is 26.0. The number of nitrogens with one attached hydrogen (secondary N) is 1. The number of hydrogen-bond acceptors (Lipinski definition) is 5. The van der Waals surface area contributed by atoms with E-state index in [1.165, 1.54) is 4.90 Å². The van der Waals surface area contributed by atoms with Crippen LogP contribution >= 0.6 is 11.6 Å². The van der Waals surface area contributed by atoms with Gasteiger partial charge in [-0.2, -0.15) is 0 Å². The van der Waals surface area contributed by atoms with Crippen molar-refractivity contribution in [1.29, 1.82) is 0 Å². The topological polar surface area (TPSA) is 96.0 Å². The molecule has 0 spiro atoms. The van der Waals surface area contributed by atoms with Crippen molar-refractivity contribution < 1.29 is 22.7 Å². The van der Waals surface area contributed by atoms with Crippen molar-refractivity contribution in [2.45, 2.75) is 46.2 Å². The summed E-state index contributed by atoms with van der Waals surface area (Å²) in [5, 5.41) is 3.30. The molecule has 0 saturated carbocycles. The fourth-order valence-corrected chi connectivity index (χ4v) is 4.68. The second-order valence-electron chi connectivity index (χ2n) is 8.00. The zero-order valence-electron chi connectivity index (χ0n) is 20.7. The van der Waals surface area contributed by atoms with Gasteiger partial charge in [-0.1, -0.05) is 55.8 Å². The van der Waals surface area contributed by atoms with E-state index in [2.05, 4.69) is 5.32 Å². The van der Waals surface area contributed by atoms with Crippen LogP contribution in [-0.4, -0.2) is 57.1 Å². The molecule has 2 amide bonds. The zero-order valence-corrected chi connectivity index (χ0v) is 22.2. The maximum atomic E-state index is 13.7. The molecule has 0 saturated heterocycles. The van der Waals surface area contributed by atoms with Crippen molar-refractivity contribution in [3.8, 4) is 5.75 Å². The number of carbonyl (C=O) groups is 2. The molecule has 192 valence electrons. The van der Waals surface area contributed by atoms with Crippen LogP contribution in [-0.2, 0) is 26.2 Å². The Hall–Kier alpha value is -2.78. The van der Waals surface area contributed by atoms with Crippen LogP contribution in [0, 0.1) is 0 Å². The van der Waals surface area contributed by atoms with Gasteiger partial charge in [-0.15, -0.1) is 0 Å². The SMILES string of the molecule is CCCNC(=O)[C@H](CC)N(Cc1ccccc1Cl)C(=O)CN(c1ccccc1OCC)S(C)(=O)=O. The lowest BCUT2D eigenvalue weighted by atomic mass is 10.1. The number of sulfonamides is 1. The quantitative estimate of drug-likeness (QED) is 0.430. The lowest BCUT2D eigenvalue weighted by Crippen LogP contribution is -2.52. The van der Waals surface area contributed by atoms with Crippen LogP contribution in [0.25, 0.3) is 0 Å². The second kappa shape index (κ2) is 13.3. The summed E-state index contributed by atoms with van der Waals surface area (Å²) in [4.78, 5) is 28.0. The number of rotatable bonds is 13. The van der Waals surface area contributed by atoms with E-state index in [1.807, 2.05) is 13.8 Å². The molecule has 0 aliphatic heterocycles. The van der Waals surface area contributed by atoms with Gasteiger partial charge in [0, 0.05) is 18.1 Å². The lowest BCUT2D eigenvalue weighted by molar-refractivity contribution is -0.140. The first-order valence-electron chi connectivity index (χ1n) is 11.6. The summed E-state index contributed by atoms with van der Waals surface area (Å²) >= 11 is 6.35. The highest BCUT2D eigenvalue weighted by molar-refractivity contribution is 7.92. The lowest BCUT2D eigenvalue weighted by Gasteiger charge is -2.33. The van der Waals surface area contributed by atoms with E-state index in [9.17, 15) is 18.0 Å². The Morgan fingerprint density at radius 2 is 1.71 bits per heavy atom. The predicted octanol–water partition coefficient (Wildman–Crippen LogP) is 3.84. The summed E-state index contributed by atoms with van der Waals surface area (Å²) < 4.78 is 32.2. The monoisotopic (exact) mass is 523 g/mol.